The molecule has 0 amide bonds. The molecule has 0 bridgehead atoms. The molecule has 1 aliphatic heterocycles. The number of halogens is 1. The summed E-state index contributed by atoms with van der Waals surface area (Å²) in [5, 5.41) is 6.81. The number of piperidine rings is 1. The molecule has 1 aliphatic rings. The van der Waals surface area contributed by atoms with Gasteiger partial charge in [0.25, 0.3) is 0 Å². The van der Waals surface area contributed by atoms with E-state index < -0.39 is 0 Å². The van der Waals surface area contributed by atoms with Gasteiger partial charge in [-0.25, -0.2) is 0 Å². The number of nitrogens with zero attached hydrogens (tertiary/aromatic N) is 2. The monoisotopic (exact) mass is 454 g/mol. The van der Waals surface area contributed by atoms with Crippen LogP contribution in [0.5, 0.6) is 0 Å². The highest BCUT2D eigenvalue weighted by Gasteiger charge is 2.24. The van der Waals surface area contributed by atoms with Crippen LogP contribution in [0.4, 0.5) is 0 Å². The molecule has 0 aromatic heterocycles. The van der Waals surface area contributed by atoms with Gasteiger partial charge in [-0.15, -0.1) is 24.0 Å². The zero-order chi connectivity index (χ0) is 17.3. The van der Waals surface area contributed by atoms with E-state index in [1.165, 1.54) is 32.4 Å². The number of hydrogen-bond donors (Lipinski definition) is 2. The van der Waals surface area contributed by atoms with Crippen LogP contribution in [0.25, 0.3) is 0 Å². The Balaban J connectivity index is 0.00000529. The maximum Gasteiger partial charge on any atom is 0.191 e. The van der Waals surface area contributed by atoms with Crippen molar-refractivity contribution in [2.24, 2.45) is 16.3 Å². The molecule has 6 heteroatoms. The van der Waals surface area contributed by atoms with E-state index in [0.29, 0.717) is 6.54 Å². The predicted octanol–water partition coefficient (Wildman–Crippen LogP) is 2.95. The lowest BCUT2D eigenvalue weighted by Gasteiger charge is -2.29. The van der Waals surface area contributed by atoms with Gasteiger partial charge in [0, 0.05) is 20.2 Å². The molecule has 0 aliphatic carbocycles. The predicted molar refractivity (Wildman–Crippen MR) is 114 cm³/mol. The molecule has 1 rings (SSSR count). The van der Waals surface area contributed by atoms with Gasteiger partial charge in [0.1, 0.15) is 0 Å². The summed E-state index contributed by atoms with van der Waals surface area (Å²) in [4.78, 5) is 7.13. The lowest BCUT2D eigenvalue weighted by atomic mass is 9.89. The number of rotatable bonds is 7. The van der Waals surface area contributed by atoms with E-state index in [1.807, 2.05) is 0 Å². The van der Waals surface area contributed by atoms with Crippen LogP contribution >= 0.6 is 24.0 Å². The van der Waals surface area contributed by atoms with Crippen LogP contribution in [0.3, 0.4) is 0 Å². The second kappa shape index (κ2) is 12.3. The van der Waals surface area contributed by atoms with Crippen molar-refractivity contribution >= 4 is 29.9 Å². The van der Waals surface area contributed by atoms with E-state index in [9.17, 15) is 0 Å². The highest BCUT2D eigenvalue weighted by molar-refractivity contribution is 14.0. The van der Waals surface area contributed by atoms with Gasteiger partial charge in [-0.3, -0.25) is 4.99 Å². The van der Waals surface area contributed by atoms with Crippen molar-refractivity contribution < 1.29 is 4.74 Å². The molecule has 24 heavy (non-hydrogen) atoms. The molecular weight excluding hydrogens is 415 g/mol. The third kappa shape index (κ3) is 9.42. The summed E-state index contributed by atoms with van der Waals surface area (Å²) < 4.78 is 5.59. The Kier molecular flexibility index (Phi) is 12.3. The molecule has 2 N–H and O–H groups in total. The average molecular weight is 454 g/mol. The van der Waals surface area contributed by atoms with E-state index >= 15 is 0 Å². The van der Waals surface area contributed by atoms with E-state index in [0.717, 1.165) is 25.0 Å². The highest BCUT2D eigenvalue weighted by Crippen LogP contribution is 2.22. The molecule has 1 heterocycles. The number of methoxy groups -OCH3 is 1. The van der Waals surface area contributed by atoms with Crippen LogP contribution in [-0.4, -0.2) is 63.8 Å². The van der Waals surface area contributed by atoms with E-state index in [1.54, 1.807) is 7.11 Å². The van der Waals surface area contributed by atoms with Crippen molar-refractivity contribution in [1.29, 1.82) is 0 Å². The fourth-order valence-corrected chi connectivity index (χ4v) is 2.96. The van der Waals surface area contributed by atoms with Crippen molar-refractivity contribution in [1.82, 2.24) is 15.5 Å². The average Bonchev–Trinajstić information content (AvgIpc) is 2.48. The SMILES string of the molecule is CCNC(=NCC(OC)C(C)(C)C)NCCC1CCN(C)CC1.I. The Morgan fingerprint density at radius 1 is 1.25 bits per heavy atom. The molecule has 144 valence electrons. The van der Waals surface area contributed by atoms with Crippen molar-refractivity contribution in [3.63, 3.8) is 0 Å². The first-order valence-corrected chi connectivity index (χ1v) is 9.10. The molecule has 5 nitrogen and oxygen atoms in total. The highest BCUT2D eigenvalue weighted by atomic mass is 127. The summed E-state index contributed by atoms with van der Waals surface area (Å²) in [6.45, 7) is 13.7. The Hall–Kier alpha value is -0.0800. The topological polar surface area (TPSA) is 48.9 Å². The first kappa shape index (κ1) is 23.9. The maximum atomic E-state index is 5.59. The molecule has 1 unspecified atom stereocenters. The Bertz CT molecular complexity index is 349. The summed E-state index contributed by atoms with van der Waals surface area (Å²) in [5.41, 5.74) is 0.101. The van der Waals surface area contributed by atoms with Gasteiger partial charge < -0.3 is 20.3 Å². The molecule has 1 atom stereocenters. The van der Waals surface area contributed by atoms with Gasteiger partial charge in [0.05, 0.1) is 12.6 Å². The molecular formula is C18H39IN4O. The minimum atomic E-state index is 0. The van der Waals surface area contributed by atoms with E-state index in [4.69, 9.17) is 9.73 Å². The minimum Gasteiger partial charge on any atom is -0.379 e. The number of nitrogens with one attached hydrogen (secondary N) is 2. The molecule has 1 saturated heterocycles. The summed E-state index contributed by atoms with van der Waals surface area (Å²) in [6, 6.07) is 0. The fraction of sp³-hybridized carbons (Fsp3) is 0.944. The number of aliphatic imine (C=N–C) groups is 1. The van der Waals surface area contributed by atoms with Crippen molar-refractivity contribution in [3.8, 4) is 0 Å². The fourth-order valence-electron chi connectivity index (χ4n) is 2.96. The summed E-state index contributed by atoms with van der Waals surface area (Å²) in [7, 11) is 3.98. The number of likely N-dealkylation sites (tertiary alicyclic amines) is 1. The molecule has 0 radical (unpaired) electrons. The van der Waals surface area contributed by atoms with Crippen LogP contribution in [0, 0.1) is 11.3 Å². The van der Waals surface area contributed by atoms with Gasteiger partial charge in [0.15, 0.2) is 5.96 Å². The van der Waals surface area contributed by atoms with Crippen LogP contribution in [-0.2, 0) is 4.74 Å². The Morgan fingerprint density at radius 3 is 2.38 bits per heavy atom. The van der Waals surface area contributed by atoms with Crippen molar-refractivity contribution in [3.05, 3.63) is 0 Å². The van der Waals surface area contributed by atoms with Crippen molar-refractivity contribution in [2.45, 2.75) is 53.1 Å². The smallest absolute Gasteiger partial charge is 0.191 e. The zero-order valence-corrected chi connectivity index (χ0v) is 18.9. The molecule has 0 spiro atoms. The second-order valence-electron chi connectivity index (χ2n) is 7.77. The minimum absolute atomic E-state index is 0. The van der Waals surface area contributed by atoms with Gasteiger partial charge in [-0.1, -0.05) is 20.8 Å². The summed E-state index contributed by atoms with van der Waals surface area (Å²) in [5.74, 6) is 1.76. The van der Waals surface area contributed by atoms with Crippen LogP contribution in [0.1, 0.15) is 47.0 Å². The largest absolute Gasteiger partial charge is 0.379 e. The first-order chi connectivity index (χ1) is 10.9. The van der Waals surface area contributed by atoms with Crippen LogP contribution in [0.15, 0.2) is 4.99 Å². The lowest BCUT2D eigenvalue weighted by Crippen LogP contribution is -2.40. The first-order valence-electron chi connectivity index (χ1n) is 9.10. The quantitative estimate of drug-likeness (QED) is 0.353. The van der Waals surface area contributed by atoms with Gasteiger partial charge in [-0.2, -0.15) is 0 Å². The van der Waals surface area contributed by atoms with Gasteiger partial charge in [0.2, 0.25) is 0 Å². The summed E-state index contributed by atoms with van der Waals surface area (Å²) in [6.07, 6.45) is 4.00. The molecule has 0 aromatic rings. The maximum absolute atomic E-state index is 5.59. The second-order valence-corrected chi connectivity index (χ2v) is 7.77. The van der Waals surface area contributed by atoms with Crippen molar-refractivity contribution in [2.75, 3.05) is 46.9 Å². The Labute approximate surface area is 166 Å². The normalized spacial score (nSPS) is 18.8. The van der Waals surface area contributed by atoms with Gasteiger partial charge in [-0.05, 0) is 57.7 Å². The standard InChI is InChI=1S/C18H38N4O.HI/c1-7-19-17(21-14-16(23-6)18(2,3)4)20-11-8-15-9-12-22(5)13-10-15;/h15-16H,7-14H2,1-6H3,(H2,19,20,21);1H. The van der Waals surface area contributed by atoms with Crippen LogP contribution in [0.2, 0.25) is 0 Å². The third-order valence-electron chi connectivity index (χ3n) is 4.69. The molecule has 0 aromatic carbocycles. The number of ether oxygens (including phenoxy) is 1. The van der Waals surface area contributed by atoms with Crippen LogP contribution < -0.4 is 10.6 Å². The van der Waals surface area contributed by atoms with Gasteiger partial charge >= 0.3 is 0 Å². The zero-order valence-electron chi connectivity index (χ0n) is 16.5. The number of guanidine groups is 1. The Morgan fingerprint density at radius 2 is 1.88 bits per heavy atom. The summed E-state index contributed by atoms with van der Waals surface area (Å²) >= 11 is 0. The van der Waals surface area contributed by atoms with E-state index in [2.05, 4.69) is 50.3 Å². The molecule has 1 fully saturated rings. The number of hydrogen-bond acceptors (Lipinski definition) is 3. The molecule has 0 saturated carbocycles. The third-order valence-corrected chi connectivity index (χ3v) is 4.69. The lowest BCUT2D eigenvalue weighted by molar-refractivity contribution is 0.0241. The van der Waals surface area contributed by atoms with E-state index in [-0.39, 0.29) is 35.5 Å².